The number of benzene rings is 2. The Balaban J connectivity index is 1.23. The predicted octanol–water partition coefficient (Wildman–Crippen LogP) is 3.35. The Morgan fingerprint density at radius 2 is 0.633 bits per heavy atom. The van der Waals surface area contributed by atoms with E-state index in [1.54, 1.807) is 0 Å². The Morgan fingerprint density at radius 1 is 0.408 bits per heavy atom. The van der Waals surface area contributed by atoms with E-state index < -0.39 is 22.2 Å². The van der Waals surface area contributed by atoms with Gasteiger partial charge in [0.1, 0.15) is 24.7 Å². The highest BCUT2D eigenvalue weighted by atomic mass is 16.7. The molecule has 49 heavy (non-hydrogen) atoms. The molecule has 19 heteroatoms. The van der Waals surface area contributed by atoms with Gasteiger partial charge in [-0.1, -0.05) is 0 Å². The van der Waals surface area contributed by atoms with Gasteiger partial charge in [-0.05, 0) is 24.3 Å². The van der Waals surface area contributed by atoms with Gasteiger partial charge in [0.2, 0.25) is 0 Å². The molecule has 0 saturated carbocycles. The molecule has 2 aromatic carbocycles. The van der Waals surface area contributed by atoms with Crippen LogP contribution in [0.5, 0.6) is 11.5 Å². The lowest BCUT2D eigenvalue weighted by Gasteiger charge is -2.09. The molecule has 0 radical (unpaired) electrons. The second-order valence-corrected chi connectivity index (χ2v) is 9.19. The molecule has 2 rings (SSSR count). The van der Waals surface area contributed by atoms with E-state index in [1.807, 2.05) is 0 Å². The van der Waals surface area contributed by atoms with Crippen molar-refractivity contribution in [2.75, 3.05) is 106 Å². The summed E-state index contributed by atoms with van der Waals surface area (Å²) < 4.78 is 57.1. The first kappa shape index (κ1) is 40.7. The Labute approximate surface area is 281 Å². The van der Waals surface area contributed by atoms with Gasteiger partial charge in [0.25, 0.3) is 11.4 Å². The standard InChI is InChI=1S/C30H40N2O17/c33-29(48-27-5-1-25(2-6-27)31(35)36)46-23-21-44-19-17-42-15-13-40-11-9-39-10-12-41-14-16-43-18-20-45-22-24-47-30(34)49-28-7-3-26(4-8-28)32(37)38/h1-8H,9-24H2. The molecule has 0 aliphatic rings. The Morgan fingerprint density at radius 3 is 0.857 bits per heavy atom. The number of rotatable bonds is 28. The molecule has 0 N–H and O–H groups in total. The Kier molecular flexibility index (Phi) is 22.0. The first-order chi connectivity index (χ1) is 23.8. The maximum Gasteiger partial charge on any atom is 0.513 e. The number of carbonyl (C=O) groups is 2. The van der Waals surface area contributed by atoms with Gasteiger partial charge < -0.3 is 52.1 Å². The molecule has 272 valence electrons. The van der Waals surface area contributed by atoms with Crippen molar-refractivity contribution < 1.29 is 71.5 Å². The van der Waals surface area contributed by atoms with E-state index in [4.69, 9.17) is 52.1 Å². The number of nitro groups is 2. The van der Waals surface area contributed by atoms with Crippen molar-refractivity contribution >= 4 is 23.7 Å². The fraction of sp³-hybridized carbons (Fsp3) is 0.533. The molecule has 0 heterocycles. The molecular formula is C30H40N2O17. The zero-order valence-electron chi connectivity index (χ0n) is 26.8. The fourth-order valence-electron chi connectivity index (χ4n) is 3.31. The number of ether oxygens (including phenoxy) is 11. The van der Waals surface area contributed by atoms with Crippen LogP contribution in [0.2, 0.25) is 0 Å². The van der Waals surface area contributed by atoms with Crippen LogP contribution in [0, 0.1) is 20.2 Å². The molecule has 0 amide bonds. The minimum Gasteiger partial charge on any atom is -0.432 e. The largest absolute Gasteiger partial charge is 0.513 e. The van der Waals surface area contributed by atoms with Crippen LogP contribution in [0.15, 0.2) is 48.5 Å². The zero-order valence-corrected chi connectivity index (χ0v) is 26.8. The summed E-state index contributed by atoms with van der Waals surface area (Å²) in [6.07, 6.45) is -1.88. The van der Waals surface area contributed by atoms with Crippen molar-refractivity contribution in [2.45, 2.75) is 0 Å². The van der Waals surface area contributed by atoms with E-state index in [1.165, 1.54) is 48.5 Å². The normalized spacial score (nSPS) is 10.8. The summed E-state index contributed by atoms with van der Waals surface area (Å²) in [6, 6.07) is 10.0. The molecule has 0 saturated heterocycles. The molecule has 0 atom stereocenters. The van der Waals surface area contributed by atoms with Gasteiger partial charge in [-0.25, -0.2) is 9.59 Å². The van der Waals surface area contributed by atoms with Gasteiger partial charge in [0.15, 0.2) is 0 Å². The van der Waals surface area contributed by atoms with Crippen molar-refractivity contribution in [3.63, 3.8) is 0 Å². The number of carbonyl (C=O) groups excluding carboxylic acids is 2. The van der Waals surface area contributed by atoms with Crippen LogP contribution in [0.3, 0.4) is 0 Å². The van der Waals surface area contributed by atoms with Crippen LogP contribution in [0.25, 0.3) is 0 Å². The predicted molar refractivity (Wildman–Crippen MR) is 166 cm³/mol. The molecule has 0 spiro atoms. The smallest absolute Gasteiger partial charge is 0.432 e. The van der Waals surface area contributed by atoms with E-state index in [0.29, 0.717) is 79.3 Å². The van der Waals surface area contributed by atoms with Crippen LogP contribution in [0.1, 0.15) is 0 Å². The number of nitrogens with zero attached hydrogens (tertiary/aromatic N) is 2. The number of hydrogen-bond acceptors (Lipinski definition) is 17. The molecule has 0 aliphatic heterocycles. The minimum absolute atomic E-state index is 0.0258. The van der Waals surface area contributed by atoms with Crippen LogP contribution in [0.4, 0.5) is 21.0 Å². The van der Waals surface area contributed by atoms with Gasteiger partial charge in [0.05, 0.1) is 102 Å². The molecule has 0 unspecified atom stereocenters. The van der Waals surface area contributed by atoms with Gasteiger partial charge >= 0.3 is 12.3 Å². The van der Waals surface area contributed by atoms with Gasteiger partial charge in [-0.15, -0.1) is 0 Å². The van der Waals surface area contributed by atoms with Gasteiger partial charge in [-0.3, -0.25) is 20.2 Å². The lowest BCUT2D eigenvalue weighted by Crippen LogP contribution is -2.17. The van der Waals surface area contributed by atoms with Gasteiger partial charge in [0, 0.05) is 24.3 Å². The van der Waals surface area contributed by atoms with Crippen molar-refractivity contribution in [2.24, 2.45) is 0 Å². The van der Waals surface area contributed by atoms with Crippen molar-refractivity contribution in [1.29, 1.82) is 0 Å². The lowest BCUT2D eigenvalue weighted by molar-refractivity contribution is -0.385. The molecule has 0 fully saturated rings. The van der Waals surface area contributed by atoms with E-state index in [-0.39, 0.29) is 49.3 Å². The SMILES string of the molecule is O=C(OCCOCCOCCOCCOCCOCCOCCOCCOC(=O)Oc1ccc([N+](=O)[O-])cc1)Oc1ccc([N+](=O)[O-])cc1. The summed E-state index contributed by atoms with van der Waals surface area (Å²) in [5.41, 5.74) is -0.235. The zero-order chi connectivity index (χ0) is 35.4. The highest BCUT2D eigenvalue weighted by Crippen LogP contribution is 2.18. The molecular weight excluding hydrogens is 660 g/mol. The molecule has 2 aromatic rings. The molecule has 0 bridgehead atoms. The summed E-state index contributed by atoms with van der Waals surface area (Å²) in [6.45, 7) is 4.68. The van der Waals surface area contributed by atoms with Crippen molar-refractivity contribution in [3.8, 4) is 11.5 Å². The summed E-state index contributed by atoms with van der Waals surface area (Å²) >= 11 is 0. The van der Waals surface area contributed by atoms with E-state index in [9.17, 15) is 29.8 Å². The first-order valence-electron chi connectivity index (χ1n) is 15.1. The Bertz CT molecular complexity index is 1120. The van der Waals surface area contributed by atoms with E-state index in [0.717, 1.165) is 0 Å². The average molecular weight is 701 g/mol. The summed E-state index contributed by atoms with van der Waals surface area (Å²) in [5, 5.41) is 21.2. The second kappa shape index (κ2) is 26.5. The number of nitro benzene ring substituents is 2. The van der Waals surface area contributed by atoms with Crippen LogP contribution < -0.4 is 9.47 Å². The molecule has 0 aliphatic carbocycles. The van der Waals surface area contributed by atoms with Gasteiger partial charge in [-0.2, -0.15) is 0 Å². The monoisotopic (exact) mass is 700 g/mol. The van der Waals surface area contributed by atoms with Crippen molar-refractivity contribution in [3.05, 3.63) is 68.8 Å². The second-order valence-electron chi connectivity index (χ2n) is 9.19. The third-order valence-corrected chi connectivity index (χ3v) is 5.62. The molecule has 0 aromatic heterocycles. The Hall–Kier alpha value is -4.50. The average Bonchev–Trinajstić information content (AvgIpc) is 3.08. The highest BCUT2D eigenvalue weighted by Gasteiger charge is 2.10. The van der Waals surface area contributed by atoms with E-state index in [2.05, 4.69) is 0 Å². The minimum atomic E-state index is -0.942. The van der Waals surface area contributed by atoms with Crippen LogP contribution >= 0.6 is 0 Å². The summed E-state index contributed by atoms with van der Waals surface area (Å²) in [7, 11) is 0. The highest BCUT2D eigenvalue weighted by molar-refractivity contribution is 5.64. The van der Waals surface area contributed by atoms with Crippen LogP contribution in [-0.2, 0) is 42.6 Å². The number of non-ortho nitro benzene ring substituents is 2. The maximum absolute atomic E-state index is 11.6. The summed E-state index contributed by atoms with van der Waals surface area (Å²) in [4.78, 5) is 43.3. The van der Waals surface area contributed by atoms with Crippen LogP contribution in [-0.4, -0.2) is 128 Å². The van der Waals surface area contributed by atoms with Crippen molar-refractivity contribution in [1.82, 2.24) is 0 Å². The number of hydrogen-bond donors (Lipinski definition) is 0. The summed E-state index contributed by atoms with van der Waals surface area (Å²) in [5.74, 6) is 0.255. The first-order valence-corrected chi connectivity index (χ1v) is 15.1. The maximum atomic E-state index is 11.6. The third-order valence-electron chi connectivity index (χ3n) is 5.62. The fourth-order valence-corrected chi connectivity index (χ4v) is 3.31. The third kappa shape index (κ3) is 21.2. The topological polar surface area (TPSA) is 222 Å². The quantitative estimate of drug-likeness (QED) is 0.0408. The lowest BCUT2D eigenvalue weighted by atomic mass is 10.3. The molecule has 19 nitrogen and oxygen atoms in total. The van der Waals surface area contributed by atoms with E-state index >= 15 is 0 Å².